The molecule has 0 aliphatic heterocycles. The molecule has 1 aromatic heterocycles. The lowest BCUT2D eigenvalue weighted by atomic mass is 10.1. The second kappa shape index (κ2) is 5.81. The quantitative estimate of drug-likeness (QED) is 0.775. The third-order valence-electron chi connectivity index (χ3n) is 2.50. The van der Waals surface area contributed by atoms with Crippen LogP contribution in [0.15, 0.2) is 42.5 Å². The second-order valence-corrected chi connectivity index (χ2v) is 3.89. The van der Waals surface area contributed by atoms with Gasteiger partial charge < -0.3 is 20.4 Å². The molecule has 6 heteroatoms. The van der Waals surface area contributed by atoms with E-state index in [-0.39, 0.29) is 11.8 Å². The SMILES string of the molecule is O=C(NCCc1ccccc1)On1c(O)ccc1O. The molecule has 0 fully saturated rings. The van der Waals surface area contributed by atoms with Crippen molar-refractivity contribution >= 4 is 6.09 Å². The molecule has 0 spiro atoms. The van der Waals surface area contributed by atoms with Gasteiger partial charge in [0.15, 0.2) is 0 Å². The number of amides is 1. The molecule has 3 N–H and O–H groups in total. The normalized spacial score (nSPS) is 10.1. The van der Waals surface area contributed by atoms with Gasteiger partial charge in [0, 0.05) is 18.7 Å². The molecule has 0 saturated carbocycles. The average molecular weight is 262 g/mol. The maximum Gasteiger partial charge on any atom is 0.432 e. The molecule has 0 atom stereocenters. The number of aromatic nitrogens is 1. The molecule has 1 amide bonds. The fourth-order valence-corrected chi connectivity index (χ4v) is 1.56. The highest BCUT2D eigenvalue weighted by Crippen LogP contribution is 2.18. The van der Waals surface area contributed by atoms with Gasteiger partial charge in [-0.05, 0) is 12.0 Å². The molecule has 100 valence electrons. The number of hydrogen-bond acceptors (Lipinski definition) is 4. The standard InChI is InChI=1S/C13H14N2O4/c16-11-6-7-12(17)15(11)19-13(18)14-9-8-10-4-2-1-3-5-10/h1-7,16-17H,8-9H2,(H,14,18). The van der Waals surface area contributed by atoms with Crippen LogP contribution in [-0.2, 0) is 6.42 Å². The summed E-state index contributed by atoms with van der Waals surface area (Å²) in [6.07, 6.45) is -0.0858. The topological polar surface area (TPSA) is 83.7 Å². The summed E-state index contributed by atoms with van der Waals surface area (Å²) in [5, 5.41) is 21.1. The number of aromatic hydroxyl groups is 2. The van der Waals surface area contributed by atoms with Gasteiger partial charge in [-0.15, -0.1) is 4.73 Å². The molecule has 1 heterocycles. The zero-order chi connectivity index (χ0) is 13.7. The number of rotatable bonds is 4. The summed E-state index contributed by atoms with van der Waals surface area (Å²) >= 11 is 0. The van der Waals surface area contributed by atoms with Gasteiger partial charge in [0.1, 0.15) is 0 Å². The molecule has 0 aliphatic carbocycles. The first-order valence-corrected chi connectivity index (χ1v) is 5.76. The Balaban J connectivity index is 1.79. The predicted molar refractivity (Wildman–Crippen MR) is 67.9 cm³/mol. The molecular formula is C13H14N2O4. The van der Waals surface area contributed by atoms with Gasteiger partial charge in [-0.1, -0.05) is 30.3 Å². The van der Waals surface area contributed by atoms with Gasteiger partial charge in [0.25, 0.3) is 0 Å². The van der Waals surface area contributed by atoms with Crippen LogP contribution < -0.4 is 10.2 Å². The molecule has 0 bridgehead atoms. The predicted octanol–water partition coefficient (Wildman–Crippen LogP) is 1.28. The van der Waals surface area contributed by atoms with Crippen molar-refractivity contribution in [2.45, 2.75) is 6.42 Å². The van der Waals surface area contributed by atoms with Gasteiger partial charge in [0.2, 0.25) is 11.8 Å². The molecule has 2 rings (SSSR count). The third kappa shape index (κ3) is 3.41. The van der Waals surface area contributed by atoms with Crippen LogP contribution in [0.1, 0.15) is 5.56 Å². The van der Waals surface area contributed by atoms with Crippen molar-refractivity contribution < 1.29 is 19.8 Å². The molecule has 2 aromatic rings. The molecule has 1 aromatic carbocycles. The van der Waals surface area contributed by atoms with Crippen molar-refractivity contribution in [2.75, 3.05) is 6.54 Å². The van der Waals surface area contributed by atoms with Crippen molar-refractivity contribution in [1.29, 1.82) is 0 Å². The minimum Gasteiger partial charge on any atom is -0.492 e. The Labute approximate surface area is 109 Å². The fraction of sp³-hybridized carbons (Fsp3) is 0.154. The van der Waals surface area contributed by atoms with Gasteiger partial charge >= 0.3 is 6.09 Å². The van der Waals surface area contributed by atoms with E-state index in [1.54, 1.807) is 0 Å². The average Bonchev–Trinajstić information content (AvgIpc) is 2.72. The number of carbonyl (C=O) groups excluding carboxylic acids is 1. The van der Waals surface area contributed by atoms with Crippen molar-refractivity contribution in [3.8, 4) is 11.8 Å². The Morgan fingerprint density at radius 1 is 1.11 bits per heavy atom. The van der Waals surface area contributed by atoms with E-state index in [4.69, 9.17) is 4.84 Å². The molecule has 0 radical (unpaired) electrons. The van der Waals surface area contributed by atoms with E-state index >= 15 is 0 Å². The minimum absolute atomic E-state index is 0.351. The number of nitrogens with one attached hydrogen (secondary N) is 1. The number of nitrogens with zero attached hydrogens (tertiary/aromatic N) is 1. The maximum atomic E-state index is 11.4. The number of hydrogen-bond donors (Lipinski definition) is 3. The smallest absolute Gasteiger partial charge is 0.432 e. The van der Waals surface area contributed by atoms with Crippen LogP contribution in [0.5, 0.6) is 11.8 Å². The van der Waals surface area contributed by atoms with E-state index in [2.05, 4.69) is 5.32 Å². The van der Waals surface area contributed by atoms with Crippen molar-refractivity contribution in [3.05, 3.63) is 48.0 Å². The number of benzene rings is 1. The Kier molecular flexibility index (Phi) is 3.92. The molecule has 0 aliphatic rings. The van der Waals surface area contributed by atoms with E-state index in [1.807, 2.05) is 30.3 Å². The summed E-state index contributed by atoms with van der Waals surface area (Å²) in [4.78, 5) is 16.1. The van der Waals surface area contributed by atoms with Crippen LogP contribution in [0.3, 0.4) is 0 Å². The summed E-state index contributed by atoms with van der Waals surface area (Å²) in [6.45, 7) is 0.394. The van der Waals surface area contributed by atoms with E-state index in [0.717, 1.165) is 5.56 Å². The van der Waals surface area contributed by atoms with E-state index in [1.165, 1.54) is 12.1 Å². The maximum absolute atomic E-state index is 11.4. The Bertz CT molecular complexity index is 532. The molecule has 6 nitrogen and oxygen atoms in total. The Morgan fingerprint density at radius 2 is 1.74 bits per heavy atom. The Hall–Kier alpha value is -2.63. The summed E-state index contributed by atoms with van der Waals surface area (Å²) in [7, 11) is 0. The fourth-order valence-electron chi connectivity index (χ4n) is 1.56. The third-order valence-corrected chi connectivity index (χ3v) is 2.50. The zero-order valence-electron chi connectivity index (χ0n) is 10.1. The molecule has 0 unspecified atom stereocenters. The first kappa shape index (κ1) is 12.8. The lowest BCUT2D eigenvalue weighted by Gasteiger charge is -2.08. The molecule has 19 heavy (non-hydrogen) atoms. The van der Waals surface area contributed by atoms with Gasteiger partial charge in [-0.3, -0.25) is 0 Å². The van der Waals surface area contributed by atoms with Crippen molar-refractivity contribution in [2.24, 2.45) is 0 Å². The number of carbonyl (C=O) groups is 1. The highest BCUT2D eigenvalue weighted by atomic mass is 16.7. The van der Waals surface area contributed by atoms with Crippen molar-refractivity contribution in [1.82, 2.24) is 10.0 Å². The largest absolute Gasteiger partial charge is 0.492 e. The second-order valence-electron chi connectivity index (χ2n) is 3.89. The molecular weight excluding hydrogens is 248 g/mol. The molecule has 0 saturated heterocycles. The highest BCUT2D eigenvalue weighted by Gasteiger charge is 2.11. The van der Waals surface area contributed by atoms with Crippen LogP contribution >= 0.6 is 0 Å². The van der Waals surface area contributed by atoms with Crippen LogP contribution in [-0.4, -0.2) is 27.6 Å². The lowest BCUT2D eigenvalue weighted by Crippen LogP contribution is -2.33. The minimum atomic E-state index is -0.752. The summed E-state index contributed by atoms with van der Waals surface area (Å²) in [6, 6.07) is 12.1. The van der Waals surface area contributed by atoms with Crippen LogP contribution in [0.25, 0.3) is 0 Å². The van der Waals surface area contributed by atoms with Crippen LogP contribution in [0, 0.1) is 0 Å². The van der Waals surface area contributed by atoms with Crippen LogP contribution in [0.4, 0.5) is 4.79 Å². The van der Waals surface area contributed by atoms with Gasteiger partial charge in [-0.25, -0.2) is 4.79 Å². The van der Waals surface area contributed by atoms with E-state index in [0.29, 0.717) is 17.7 Å². The highest BCUT2D eigenvalue weighted by molar-refractivity contribution is 5.67. The first-order chi connectivity index (χ1) is 9.16. The van der Waals surface area contributed by atoms with Gasteiger partial charge in [-0.2, -0.15) is 0 Å². The van der Waals surface area contributed by atoms with E-state index in [9.17, 15) is 15.0 Å². The van der Waals surface area contributed by atoms with E-state index < -0.39 is 6.09 Å². The monoisotopic (exact) mass is 262 g/mol. The first-order valence-electron chi connectivity index (χ1n) is 5.76. The summed E-state index contributed by atoms with van der Waals surface area (Å²) < 4.78 is 0.637. The van der Waals surface area contributed by atoms with Crippen LogP contribution in [0.2, 0.25) is 0 Å². The summed E-state index contributed by atoms with van der Waals surface area (Å²) in [5.41, 5.74) is 1.09. The van der Waals surface area contributed by atoms with Crippen molar-refractivity contribution in [3.63, 3.8) is 0 Å². The zero-order valence-corrected chi connectivity index (χ0v) is 10.1. The Morgan fingerprint density at radius 3 is 2.37 bits per heavy atom. The summed E-state index contributed by atoms with van der Waals surface area (Å²) in [5.74, 6) is -0.702. The van der Waals surface area contributed by atoms with Gasteiger partial charge in [0.05, 0.1) is 0 Å². The lowest BCUT2D eigenvalue weighted by molar-refractivity contribution is 0.108.